The zero-order valence-electron chi connectivity index (χ0n) is 11.0. The van der Waals surface area contributed by atoms with Crippen LogP contribution in [0.15, 0.2) is 24.3 Å². The van der Waals surface area contributed by atoms with Crippen LogP contribution in [0.25, 0.3) is 0 Å². The molecule has 1 aliphatic rings. The number of carbonyl (C=O) groups is 1. The van der Waals surface area contributed by atoms with E-state index in [0.29, 0.717) is 6.54 Å². The third-order valence-electron chi connectivity index (χ3n) is 3.45. The molecular formula is C14H19IN2O2. The van der Waals surface area contributed by atoms with Gasteiger partial charge in [-0.05, 0) is 54.5 Å². The number of anilines is 1. The summed E-state index contributed by atoms with van der Waals surface area (Å²) in [5, 5.41) is 12.8. The first kappa shape index (κ1) is 14.7. The largest absolute Gasteiger partial charge is 0.390 e. The van der Waals surface area contributed by atoms with E-state index in [4.69, 9.17) is 0 Å². The summed E-state index contributed by atoms with van der Waals surface area (Å²) < 4.78 is 1.04. The maximum Gasteiger partial charge on any atom is 0.238 e. The van der Waals surface area contributed by atoms with Crippen molar-refractivity contribution in [3.63, 3.8) is 0 Å². The van der Waals surface area contributed by atoms with Crippen LogP contribution >= 0.6 is 22.6 Å². The third-order valence-corrected chi connectivity index (χ3v) is 4.39. The molecule has 1 amide bonds. The SMILES string of the molecule is CC1(O)CCN(CC(=O)Nc2ccccc2I)CC1. The molecule has 0 aromatic heterocycles. The van der Waals surface area contributed by atoms with E-state index in [1.807, 2.05) is 31.2 Å². The highest BCUT2D eigenvalue weighted by atomic mass is 127. The van der Waals surface area contributed by atoms with Crippen molar-refractivity contribution in [2.24, 2.45) is 0 Å². The summed E-state index contributed by atoms with van der Waals surface area (Å²) in [6.07, 6.45) is 1.45. The molecule has 0 bridgehead atoms. The van der Waals surface area contributed by atoms with Crippen molar-refractivity contribution in [1.29, 1.82) is 0 Å². The lowest BCUT2D eigenvalue weighted by Gasteiger charge is -2.35. The van der Waals surface area contributed by atoms with Crippen molar-refractivity contribution in [2.75, 3.05) is 25.0 Å². The molecule has 104 valence electrons. The molecule has 5 heteroatoms. The fourth-order valence-corrected chi connectivity index (χ4v) is 2.67. The Labute approximate surface area is 127 Å². The number of piperidine rings is 1. The second-order valence-electron chi connectivity index (χ2n) is 5.30. The maximum absolute atomic E-state index is 12.0. The van der Waals surface area contributed by atoms with Crippen LogP contribution in [0.5, 0.6) is 0 Å². The first-order chi connectivity index (χ1) is 8.96. The van der Waals surface area contributed by atoms with Gasteiger partial charge in [0.05, 0.1) is 17.8 Å². The van der Waals surface area contributed by atoms with Crippen LogP contribution in [-0.4, -0.2) is 41.1 Å². The van der Waals surface area contributed by atoms with Gasteiger partial charge in [-0.15, -0.1) is 0 Å². The molecule has 2 rings (SSSR count). The summed E-state index contributed by atoms with van der Waals surface area (Å²) >= 11 is 2.21. The first-order valence-corrected chi connectivity index (χ1v) is 7.53. The molecule has 1 saturated heterocycles. The van der Waals surface area contributed by atoms with Crippen molar-refractivity contribution in [2.45, 2.75) is 25.4 Å². The van der Waals surface area contributed by atoms with Gasteiger partial charge in [0, 0.05) is 16.7 Å². The van der Waals surface area contributed by atoms with Crippen LogP contribution in [0.1, 0.15) is 19.8 Å². The predicted octanol–water partition coefficient (Wildman–Crippen LogP) is 2.08. The van der Waals surface area contributed by atoms with Gasteiger partial charge >= 0.3 is 0 Å². The topological polar surface area (TPSA) is 52.6 Å². The number of nitrogens with zero attached hydrogens (tertiary/aromatic N) is 1. The van der Waals surface area contributed by atoms with Gasteiger partial charge in [-0.25, -0.2) is 0 Å². The Balaban J connectivity index is 1.84. The molecule has 0 spiro atoms. The van der Waals surface area contributed by atoms with Crippen LogP contribution in [0.4, 0.5) is 5.69 Å². The average Bonchev–Trinajstić information content (AvgIpc) is 2.35. The van der Waals surface area contributed by atoms with Crippen LogP contribution in [0, 0.1) is 3.57 Å². The number of rotatable bonds is 3. The Bertz CT molecular complexity index is 453. The summed E-state index contributed by atoms with van der Waals surface area (Å²) in [5.41, 5.74) is 0.291. The Kier molecular flexibility index (Phi) is 4.81. The minimum absolute atomic E-state index is 0.00524. The lowest BCUT2D eigenvalue weighted by atomic mass is 9.94. The third kappa shape index (κ3) is 4.43. The predicted molar refractivity (Wildman–Crippen MR) is 84.1 cm³/mol. The lowest BCUT2D eigenvalue weighted by molar-refractivity contribution is -0.118. The van der Waals surface area contributed by atoms with Gasteiger partial charge < -0.3 is 10.4 Å². The Morgan fingerprint density at radius 3 is 2.68 bits per heavy atom. The van der Waals surface area contributed by atoms with Crippen molar-refractivity contribution in [1.82, 2.24) is 4.90 Å². The summed E-state index contributed by atoms with van der Waals surface area (Å²) in [5.74, 6) is 0.00524. The normalized spacial score (nSPS) is 19.1. The highest BCUT2D eigenvalue weighted by Crippen LogP contribution is 2.21. The second-order valence-corrected chi connectivity index (χ2v) is 6.46. The smallest absolute Gasteiger partial charge is 0.238 e. The van der Waals surface area contributed by atoms with E-state index in [1.165, 1.54) is 0 Å². The first-order valence-electron chi connectivity index (χ1n) is 6.45. The molecule has 0 radical (unpaired) electrons. The molecule has 1 aliphatic heterocycles. The second kappa shape index (κ2) is 6.19. The number of para-hydroxylation sites is 1. The van der Waals surface area contributed by atoms with Crippen molar-refractivity contribution in [3.8, 4) is 0 Å². The molecular weight excluding hydrogens is 355 g/mol. The number of nitrogens with one attached hydrogen (secondary N) is 1. The summed E-state index contributed by atoms with van der Waals surface area (Å²) in [6, 6.07) is 7.73. The summed E-state index contributed by atoms with van der Waals surface area (Å²) in [7, 11) is 0. The van der Waals surface area contributed by atoms with Gasteiger partial charge in [0.1, 0.15) is 0 Å². The summed E-state index contributed by atoms with van der Waals surface area (Å²) in [6.45, 7) is 3.79. The maximum atomic E-state index is 12.0. The molecule has 19 heavy (non-hydrogen) atoms. The van der Waals surface area contributed by atoms with Gasteiger partial charge in [0.25, 0.3) is 0 Å². The zero-order valence-corrected chi connectivity index (χ0v) is 13.2. The molecule has 1 fully saturated rings. The molecule has 4 nitrogen and oxygen atoms in total. The molecule has 0 saturated carbocycles. The standard InChI is InChI=1S/C14H19IN2O2/c1-14(19)6-8-17(9-7-14)10-13(18)16-12-5-3-2-4-11(12)15/h2-5,19H,6-10H2,1H3,(H,16,18). The van der Waals surface area contributed by atoms with Crippen LogP contribution < -0.4 is 5.32 Å². The van der Waals surface area contributed by atoms with Crippen molar-refractivity contribution in [3.05, 3.63) is 27.8 Å². The minimum Gasteiger partial charge on any atom is -0.390 e. The van der Waals surface area contributed by atoms with E-state index in [0.717, 1.165) is 35.2 Å². The fourth-order valence-electron chi connectivity index (χ4n) is 2.15. The van der Waals surface area contributed by atoms with E-state index in [2.05, 4.69) is 32.8 Å². The average molecular weight is 374 g/mol. The number of likely N-dealkylation sites (tertiary alicyclic amines) is 1. The summed E-state index contributed by atoms with van der Waals surface area (Å²) in [4.78, 5) is 14.1. The van der Waals surface area contributed by atoms with Crippen molar-refractivity contribution >= 4 is 34.2 Å². The van der Waals surface area contributed by atoms with E-state index >= 15 is 0 Å². The molecule has 1 aromatic carbocycles. The Hall–Kier alpha value is -0.660. The molecule has 0 aliphatic carbocycles. The van der Waals surface area contributed by atoms with Crippen LogP contribution in [-0.2, 0) is 4.79 Å². The van der Waals surface area contributed by atoms with E-state index in [-0.39, 0.29) is 5.91 Å². The quantitative estimate of drug-likeness (QED) is 0.797. The molecule has 0 atom stereocenters. The molecule has 0 unspecified atom stereocenters. The number of carbonyl (C=O) groups excluding carboxylic acids is 1. The molecule has 1 aromatic rings. The fraction of sp³-hybridized carbons (Fsp3) is 0.500. The van der Waals surface area contributed by atoms with Crippen LogP contribution in [0.2, 0.25) is 0 Å². The van der Waals surface area contributed by atoms with E-state index < -0.39 is 5.60 Å². The van der Waals surface area contributed by atoms with Gasteiger partial charge in [0.2, 0.25) is 5.91 Å². The van der Waals surface area contributed by atoms with E-state index in [9.17, 15) is 9.90 Å². The number of halogens is 1. The Morgan fingerprint density at radius 2 is 2.05 bits per heavy atom. The monoisotopic (exact) mass is 374 g/mol. The minimum atomic E-state index is -0.568. The number of amides is 1. The highest BCUT2D eigenvalue weighted by molar-refractivity contribution is 14.1. The molecule has 1 heterocycles. The number of hydrogen-bond donors (Lipinski definition) is 2. The van der Waals surface area contributed by atoms with E-state index in [1.54, 1.807) is 0 Å². The number of benzene rings is 1. The zero-order chi connectivity index (χ0) is 13.9. The number of aliphatic hydroxyl groups is 1. The van der Waals surface area contributed by atoms with Gasteiger partial charge in [-0.3, -0.25) is 9.69 Å². The van der Waals surface area contributed by atoms with Gasteiger partial charge in [0.15, 0.2) is 0 Å². The van der Waals surface area contributed by atoms with Gasteiger partial charge in [-0.2, -0.15) is 0 Å². The Morgan fingerprint density at radius 1 is 1.42 bits per heavy atom. The highest BCUT2D eigenvalue weighted by Gasteiger charge is 2.27. The number of hydrogen-bond acceptors (Lipinski definition) is 3. The molecule has 2 N–H and O–H groups in total. The lowest BCUT2D eigenvalue weighted by Crippen LogP contribution is -2.45. The van der Waals surface area contributed by atoms with Crippen molar-refractivity contribution < 1.29 is 9.90 Å². The van der Waals surface area contributed by atoms with Crippen LogP contribution in [0.3, 0.4) is 0 Å². The van der Waals surface area contributed by atoms with Gasteiger partial charge in [-0.1, -0.05) is 12.1 Å².